The van der Waals surface area contributed by atoms with E-state index in [1.165, 1.54) is 53.1 Å². The molecular weight excluding hydrogens is 997 g/mol. The fourth-order valence-corrected chi connectivity index (χ4v) is 12.3. The fraction of sp³-hybridized carbons (Fsp3) is 0.825. The van der Waals surface area contributed by atoms with Crippen molar-refractivity contribution >= 4 is 23.7 Å². The standard InChI is InChI=1S/C57H96N4O16/c1-16-44-57(11,67)49(63)35(4)46(60-70-27-21-25-40-22-18-17-19-23-40)33(2)30-55(9,66)50(36(5)47(37(6)52(64)74-44)75-45-31-56(10,69-15)51(38(7)72-45)73-39(8)62)77-53-48(43(61(12)13)28-34(3)71-53)76-54(65)59-58-32-41-24-20-26-42(29-41)68-14/h20,24,26,29,33-38,40,43-45,47-51,53,58,63,66-67H,16-19,21-23,25,27-28,30-32H2,1-15H3,(H,59,65)/b60-46+/t33-,34-,35+,36+,37-,38+,43+,44-,45+,47+,48-,49-,50-,51+,53+,55?,56-,57-/m1/s1. The maximum absolute atomic E-state index is 14.8. The number of methoxy groups -OCH3 is 2. The molecule has 3 saturated heterocycles. The number of ether oxygens (including phenoxy) is 9. The number of benzene rings is 1. The van der Waals surface area contributed by atoms with Crippen LogP contribution in [0.3, 0.4) is 0 Å². The lowest BCUT2D eigenvalue weighted by Gasteiger charge is -2.49. The zero-order chi connectivity index (χ0) is 57.0. The Hall–Kier alpha value is -3.70. The molecule has 1 amide bonds. The number of hydrazine groups is 1. The van der Waals surface area contributed by atoms with Crippen LogP contribution in [-0.4, -0.2) is 163 Å². The first-order valence-electron chi connectivity index (χ1n) is 28.1. The van der Waals surface area contributed by atoms with E-state index in [1.807, 2.05) is 57.1 Å². The van der Waals surface area contributed by atoms with E-state index in [9.17, 15) is 29.7 Å². The number of esters is 2. The van der Waals surface area contributed by atoms with Gasteiger partial charge >= 0.3 is 18.0 Å². The molecule has 1 aromatic rings. The second-order valence-corrected chi connectivity index (χ2v) is 23.4. The van der Waals surface area contributed by atoms with E-state index in [2.05, 4.69) is 10.9 Å². The summed E-state index contributed by atoms with van der Waals surface area (Å²) in [6, 6.07) is 6.96. The van der Waals surface area contributed by atoms with E-state index < -0.39 is 126 Å². The number of nitrogens with zero attached hydrogens (tertiary/aromatic N) is 2. The molecule has 0 bridgehead atoms. The number of amides is 1. The molecule has 1 unspecified atom stereocenters. The molecule has 1 saturated carbocycles. The van der Waals surface area contributed by atoms with Gasteiger partial charge in [-0.3, -0.25) is 15.0 Å². The molecular formula is C57H96N4O16. The summed E-state index contributed by atoms with van der Waals surface area (Å²) >= 11 is 0. The average molecular weight is 1090 g/mol. The van der Waals surface area contributed by atoms with Crippen LogP contribution in [0.4, 0.5) is 4.79 Å². The van der Waals surface area contributed by atoms with Crippen molar-refractivity contribution in [3.63, 3.8) is 0 Å². The number of aliphatic hydroxyl groups excluding tert-OH is 1. The van der Waals surface area contributed by atoms with Crippen molar-refractivity contribution in [1.82, 2.24) is 15.8 Å². The predicted octanol–water partition coefficient (Wildman–Crippen LogP) is 6.97. The van der Waals surface area contributed by atoms with Crippen LogP contribution >= 0.6 is 0 Å². The minimum atomic E-state index is -1.98. The highest BCUT2D eigenvalue weighted by Gasteiger charge is 2.55. The molecule has 440 valence electrons. The van der Waals surface area contributed by atoms with Gasteiger partial charge in [0, 0.05) is 44.8 Å². The van der Waals surface area contributed by atoms with Gasteiger partial charge in [-0.2, -0.15) is 0 Å². The summed E-state index contributed by atoms with van der Waals surface area (Å²) in [5.74, 6) is -3.53. The third kappa shape index (κ3) is 16.9. The van der Waals surface area contributed by atoms with E-state index in [4.69, 9.17) is 52.6 Å². The van der Waals surface area contributed by atoms with E-state index in [0.717, 1.165) is 18.4 Å². The van der Waals surface area contributed by atoms with Gasteiger partial charge in [0.25, 0.3) is 0 Å². The Morgan fingerprint density at radius 2 is 1.61 bits per heavy atom. The normalized spacial score (nSPS) is 38.6. The molecule has 20 heteroatoms. The smallest absolute Gasteiger partial charge is 0.422 e. The van der Waals surface area contributed by atoms with Crippen LogP contribution in [-0.2, 0) is 58.9 Å². The number of carbonyl (C=O) groups excluding carboxylic acids is 3. The molecule has 1 aromatic carbocycles. The van der Waals surface area contributed by atoms with Gasteiger partial charge in [0.2, 0.25) is 0 Å². The van der Waals surface area contributed by atoms with Gasteiger partial charge in [-0.15, -0.1) is 0 Å². The van der Waals surface area contributed by atoms with Crippen LogP contribution in [0.1, 0.15) is 152 Å². The second-order valence-electron chi connectivity index (χ2n) is 23.4. The second kappa shape index (κ2) is 28.6. The lowest BCUT2D eigenvalue weighted by Crippen LogP contribution is -2.62. The van der Waals surface area contributed by atoms with Crippen LogP contribution in [0.15, 0.2) is 29.4 Å². The Balaban J connectivity index is 1.59. The maximum Gasteiger partial charge on any atom is 0.422 e. The number of hydrogen-bond donors (Lipinski definition) is 5. The molecule has 0 spiro atoms. The number of cyclic esters (lactones) is 1. The number of nitrogens with one attached hydrogen (secondary N) is 2. The SMILES string of the molecule is CC[C@H]1OC(=O)[C@H](C)[C@@H](O[C@H]2C[C@@](C)(OC)[C@@H](OC(C)=O)[C@H](C)O2)[C@H](C)[C@@H](O[C@@H]2O[C@H](C)C[C@H](N(C)C)[C@H]2OC(=O)NNCc2cccc(OC)c2)C(C)(O)C[C@@H](C)/C(=N\OCCCC2CCCCC2)[C@H](C)[C@@H](O)[C@]1(C)O. The van der Waals surface area contributed by atoms with Gasteiger partial charge < -0.3 is 67.7 Å². The molecule has 18 atom stereocenters. The number of carbonyl (C=O) groups is 3. The van der Waals surface area contributed by atoms with Crippen molar-refractivity contribution in [3.05, 3.63) is 29.8 Å². The summed E-state index contributed by atoms with van der Waals surface area (Å²) in [6.45, 7) is 19.2. The Labute approximate surface area is 458 Å². The summed E-state index contributed by atoms with van der Waals surface area (Å²) in [5.41, 5.74) is 1.86. The van der Waals surface area contributed by atoms with E-state index in [-0.39, 0.29) is 25.8 Å². The van der Waals surface area contributed by atoms with Crippen molar-refractivity contribution in [3.8, 4) is 5.75 Å². The van der Waals surface area contributed by atoms with Crippen molar-refractivity contribution in [1.29, 1.82) is 0 Å². The summed E-state index contributed by atoms with van der Waals surface area (Å²) in [7, 11) is 6.82. The highest BCUT2D eigenvalue weighted by Crippen LogP contribution is 2.42. The van der Waals surface area contributed by atoms with Crippen molar-refractivity contribution < 1.29 is 77.2 Å². The van der Waals surface area contributed by atoms with Gasteiger partial charge in [-0.25, -0.2) is 10.2 Å². The van der Waals surface area contributed by atoms with E-state index in [0.29, 0.717) is 30.4 Å². The number of rotatable bonds is 18. The van der Waals surface area contributed by atoms with Crippen LogP contribution in [0.5, 0.6) is 5.75 Å². The number of oxime groups is 1. The number of hydrogen-bond acceptors (Lipinski definition) is 19. The molecule has 1 aliphatic carbocycles. The summed E-state index contributed by atoms with van der Waals surface area (Å²) in [6.07, 6.45) is -2.84. The Morgan fingerprint density at radius 3 is 2.25 bits per heavy atom. The molecule has 5 N–H and O–H groups in total. The average Bonchev–Trinajstić information content (AvgIpc) is 3.39. The fourth-order valence-electron chi connectivity index (χ4n) is 12.3. The molecule has 20 nitrogen and oxygen atoms in total. The largest absolute Gasteiger partial charge is 0.497 e. The monoisotopic (exact) mass is 1090 g/mol. The van der Waals surface area contributed by atoms with Crippen LogP contribution in [0.25, 0.3) is 0 Å². The van der Waals surface area contributed by atoms with Crippen LogP contribution in [0, 0.1) is 29.6 Å². The Kier molecular flexibility index (Phi) is 23.8. The predicted molar refractivity (Wildman–Crippen MR) is 287 cm³/mol. The zero-order valence-corrected chi connectivity index (χ0v) is 48.8. The lowest BCUT2D eigenvalue weighted by atomic mass is 9.73. The van der Waals surface area contributed by atoms with E-state index in [1.54, 1.807) is 55.6 Å². The van der Waals surface area contributed by atoms with Crippen molar-refractivity contribution in [2.24, 2.45) is 34.7 Å². The van der Waals surface area contributed by atoms with Gasteiger partial charge in [0.05, 0.1) is 60.9 Å². The third-order valence-corrected chi connectivity index (χ3v) is 16.7. The molecule has 5 rings (SSSR count). The van der Waals surface area contributed by atoms with Gasteiger partial charge in [0.15, 0.2) is 24.8 Å². The first-order valence-corrected chi connectivity index (χ1v) is 28.1. The summed E-state index contributed by atoms with van der Waals surface area (Å²) in [4.78, 5) is 48.9. The van der Waals surface area contributed by atoms with Crippen molar-refractivity contribution in [2.75, 3.05) is 34.9 Å². The highest BCUT2D eigenvalue weighted by molar-refractivity contribution is 5.88. The molecule has 4 fully saturated rings. The molecule has 3 heterocycles. The van der Waals surface area contributed by atoms with Crippen LogP contribution in [0.2, 0.25) is 0 Å². The van der Waals surface area contributed by atoms with Crippen molar-refractivity contribution in [2.45, 2.75) is 238 Å². The van der Waals surface area contributed by atoms with Crippen LogP contribution < -0.4 is 15.6 Å². The third-order valence-electron chi connectivity index (χ3n) is 16.7. The highest BCUT2D eigenvalue weighted by atomic mass is 16.7. The molecule has 77 heavy (non-hydrogen) atoms. The number of likely N-dealkylation sites (N-methyl/N-ethyl adjacent to an activating group) is 1. The lowest BCUT2D eigenvalue weighted by molar-refractivity contribution is -0.318. The minimum Gasteiger partial charge on any atom is -0.497 e. The Morgan fingerprint density at radius 1 is 0.909 bits per heavy atom. The molecule has 0 aromatic heterocycles. The van der Waals surface area contributed by atoms with Gasteiger partial charge in [0.1, 0.15) is 29.7 Å². The zero-order valence-electron chi connectivity index (χ0n) is 48.8. The first-order chi connectivity index (χ1) is 36.3. The number of aliphatic hydroxyl groups is 3. The molecule has 4 aliphatic rings. The summed E-state index contributed by atoms with van der Waals surface area (Å²) < 4.78 is 56.7. The van der Waals surface area contributed by atoms with Gasteiger partial charge in [-0.1, -0.05) is 77.1 Å². The maximum atomic E-state index is 14.8. The summed E-state index contributed by atoms with van der Waals surface area (Å²) in [5, 5.41) is 42.5. The Bertz CT molecular complexity index is 2050. The first kappa shape index (κ1) is 64.1. The van der Waals surface area contributed by atoms with Gasteiger partial charge in [-0.05, 0) is 111 Å². The van der Waals surface area contributed by atoms with E-state index >= 15 is 0 Å². The topological polar surface area (TPSA) is 244 Å². The minimum absolute atomic E-state index is 0.0451. The quantitative estimate of drug-likeness (QED) is 0.0431. The molecule has 0 radical (unpaired) electrons. The molecule has 3 aliphatic heterocycles.